The molecular formula is C15H15F5INO2. The minimum absolute atomic E-state index is 0.0664. The monoisotopic (exact) mass is 463 g/mol. The number of benzene rings is 1. The Kier molecular flexibility index (Phi) is 5.31. The number of methoxy groups -OCH3 is 1. The maximum atomic E-state index is 13.5. The van der Waals surface area contributed by atoms with Crippen molar-refractivity contribution in [1.82, 2.24) is 0 Å². The Labute approximate surface area is 148 Å². The highest BCUT2D eigenvalue weighted by atomic mass is 127. The molecule has 1 aliphatic carbocycles. The van der Waals surface area contributed by atoms with Gasteiger partial charge >= 0.3 is 12.1 Å². The zero-order valence-corrected chi connectivity index (χ0v) is 14.8. The second kappa shape index (κ2) is 6.64. The average molecular weight is 463 g/mol. The predicted octanol–water partition coefficient (Wildman–Crippen LogP) is 4.97. The van der Waals surface area contributed by atoms with Crippen molar-refractivity contribution in [2.24, 2.45) is 0 Å². The molecule has 0 heterocycles. The molecule has 24 heavy (non-hydrogen) atoms. The van der Waals surface area contributed by atoms with Gasteiger partial charge in [0.05, 0.1) is 23.9 Å². The first kappa shape index (κ1) is 19.2. The number of halogens is 6. The van der Waals surface area contributed by atoms with Gasteiger partial charge in [-0.3, -0.25) is 0 Å². The summed E-state index contributed by atoms with van der Waals surface area (Å²) in [6.45, 7) is 0. The maximum absolute atomic E-state index is 13.5. The molecule has 0 aromatic heterocycles. The summed E-state index contributed by atoms with van der Waals surface area (Å²) in [7, 11) is 1.04. The predicted molar refractivity (Wildman–Crippen MR) is 86.1 cm³/mol. The third-order valence-electron chi connectivity index (χ3n) is 4.18. The van der Waals surface area contributed by atoms with Crippen molar-refractivity contribution in [2.45, 2.75) is 43.7 Å². The molecule has 0 aliphatic heterocycles. The van der Waals surface area contributed by atoms with Crippen LogP contribution < -0.4 is 5.73 Å². The highest BCUT2D eigenvalue weighted by Gasteiger charge is 2.42. The van der Waals surface area contributed by atoms with Crippen LogP contribution in [0.15, 0.2) is 6.07 Å². The van der Waals surface area contributed by atoms with Crippen molar-refractivity contribution in [2.75, 3.05) is 12.8 Å². The summed E-state index contributed by atoms with van der Waals surface area (Å²) in [6, 6.07) is 0.658. The molecule has 0 bridgehead atoms. The Morgan fingerprint density at radius 3 is 2.33 bits per heavy atom. The molecule has 1 aliphatic rings. The Morgan fingerprint density at radius 2 is 1.88 bits per heavy atom. The molecule has 1 aromatic rings. The number of alkyl halides is 5. The number of nitrogen functional groups attached to an aromatic ring is 1. The highest BCUT2D eigenvalue weighted by molar-refractivity contribution is 14.1. The second-order valence-electron chi connectivity index (χ2n) is 5.73. The van der Waals surface area contributed by atoms with Crippen LogP contribution in [0.2, 0.25) is 0 Å². The molecular weight excluding hydrogens is 448 g/mol. The zero-order valence-electron chi connectivity index (χ0n) is 12.6. The number of hydrogen-bond acceptors (Lipinski definition) is 3. The molecule has 1 saturated carbocycles. The number of carbonyl (C=O) groups excluding carboxylic acids is 1. The van der Waals surface area contributed by atoms with Crippen LogP contribution in [0.25, 0.3) is 0 Å². The van der Waals surface area contributed by atoms with Crippen LogP contribution in [-0.2, 0) is 10.9 Å². The van der Waals surface area contributed by atoms with Gasteiger partial charge in [-0.15, -0.1) is 0 Å². The van der Waals surface area contributed by atoms with Crippen molar-refractivity contribution in [3.05, 3.63) is 26.3 Å². The molecule has 3 nitrogen and oxygen atoms in total. The average Bonchev–Trinajstić information content (AvgIpc) is 2.48. The highest BCUT2D eigenvalue weighted by Crippen LogP contribution is 2.47. The van der Waals surface area contributed by atoms with Crippen molar-refractivity contribution in [3.63, 3.8) is 0 Å². The van der Waals surface area contributed by atoms with Crippen LogP contribution in [0.3, 0.4) is 0 Å². The SMILES string of the molecule is COC(=O)c1cc(C(F)(F)F)c(C2CCC(F)(F)CC2)c(I)c1N. The fraction of sp³-hybridized carbons (Fsp3) is 0.533. The van der Waals surface area contributed by atoms with E-state index in [1.54, 1.807) is 22.6 Å². The van der Waals surface area contributed by atoms with Crippen LogP contribution in [0.4, 0.5) is 27.6 Å². The van der Waals surface area contributed by atoms with Gasteiger partial charge in [-0.2, -0.15) is 13.2 Å². The van der Waals surface area contributed by atoms with E-state index in [1.165, 1.54) is 0 Å². The molecule has 0 radical (unpaired) electrons. The number of hydrogen-bond donors (Lipinski definition) is 1. The first-order valence-electron chi connectivity index (χ1n) is 7.13. The Balaban J connectivity index is 2.58. The van der Waals surface area contributed by atoms with Gasteiger partial charge in [0.2, 0.25) is 5.92 Å². The van der Waals surface area contributed by atoms with E-state index in [2.05, 4.69) is 4.74 Å². The molecule has 0 atom stereocenters. The zero-order chi connectivity index (χ0) is 18.3. The third kappa shape index (κ3) is 3.75. The summed E-state index contributed by atoms with van der Waals surface area (Å²) in [5.41, 5.74) is 4.19. The van der Waals surface area contributed by atoms with Gasteiger partial charge in [-0.25, -0.2) is 13.6 Å². The van der Waals surface area contributed by atoms with Gasteiger partial charge in [-0.1, -0.05) is 0 Å². The molecule has 9 heteroatoms. The fourth-order valence-corrected chi connectivity index (χ4v) is 3.94. The van der Waals surface area contributed by atoms with Gasteiger partial charge in [0, 0.05) is 16.4 Å². The first-order chi connectivity index (χ1) is 11.0. The van der Waals surface area contributed by atoms with E-state index < -0.39 is 42.4 Å². The molecule has 0 saturated heterocycles. The van der Waals surface area contributed by atoms with Crippen molar-refractivity contribution < 1.29 is 31.5 Å². The molecule has 0 spiro atoms. The van der Waals surface area contributed by atoms with E-state index in [4.69, 9.17) is 5.73 Å². The molecule has 1 aromatic carbocycles. The number of rotatable bonds is 2. The molecule has 0 amide bonds. The summed E-state index contributed by atoms with van der Waals surface area (Å²) in [4.78, 5) is 11.7. The number of carbonyl (C=O) groups is 1. The minimum atomic E-state index is -4.73. The van der Waals surface area contributed by atoms with Gasteiger partial charge in [-0.05, 0) is 53.0 Å². The Bertz CT molecular complexity index is 650. The lowest BCUT2D eigenvalue weighted by Crippen LogP contribution is -2.26. The smallest absolute Gasteiger partial charge is 0.416 e. The lowest BCUT2D eigenvalue weighted by molar-refractivity contribution is -0.138. The third-order valence-corrected chi connectivity index (χ3v) is 5.34. The quantitative estimate of drug-likeness (QED) is 0.292. The van der Waals surface area contributed by atoms with E-state index in [-0.39, 0.29) is 33.2 Å². The summed E-state index contributed by atoms with van der Waals surface area (Å²) in [5, 5.41) is 0. The standard InChI is InChI=1S/C15H15F5INO2/c1-24-13(23)8-6-9(15(18,19)20)10(11(21)12(8)22)7-2-4-14(16,17)5-3-7/h6-7H,2-5,22H2,1H3. The second-order valence-corrected chi connectivity index (χ2v) is 6.81. The van der Waals surface area contributed by atoms with E-state index >= 15 is 0 Å². The summed E-state index contributed by atoms with van der Waals surface area (Å²) < 4.78 is 71.6. The van der Waals surface area contributed by atoms with Crippen LogP contribution in [-0.4, -0.2) is 19.0 Å². The number of esters is 1. The van der Waals surface area contributed by atoms with Crippen LogP contribution in [0, 0.1) is 3.57 Å². The number of anilines is 1. The normalized spacial score (nSPS) is 18.5. The van der Waals surface area contributed by atoms with Gasteiger partial charge in [0.15, 0.2) is 0 Å². The molecule has 1 fully saturated rings. The topological polar surface area (TPSA) is 52.3 Å². The summed E-state index contributed by atoms with van der Waals surface area (Å²) in [6.07, 6.45) is -5.80. The van der Waals surface area contributed by atoms with E-state index in [1.807, 2.05) is 0 Å². The van der Waals surface area contributed by atoms with E-state index in [0.717, 1.165) is 7.11 Å². The van der Waals surface area contributed by atoms with Gasteiger partial charge in [0.25, 0.3) is 0 Å². The molecule has 2 N–H and O–H groups in total. The summed E-state index contributed by atoms with van der Waals surface area (Å²) in [5.74, 6) is -4.50. The van der Waals surface area contributed by atoms with E-state index in [9.17, 15) is 26.7 Å². The van der Waals surface area contributed by atoms with Crippen LogP contribution >= 0.6 is 22.6 Å². The fourth-order valence-electron chi connectivity index (χ4n) is 2.92. The van der Waals surface area contributed by atoms with Crippen molar-refractivity contribution in [1.29, 1.82) is 0 Å². The lowest BCUT2D eigenvalue weighted by Gasteiger charge is -2.31. The van der Waals surface area contributed by atoms with E-state index in [0.29, 0.717) is 6.07 Å². The first-order valence-corrected chi connectivity index (χ1v) is 8.21. The largest absolute Gasteiger partial charge is 0.465 e. The minimum Gasteiger partial charge on any atom is -0.465 e. The molecule has 134 valence electrons. The number of nitrogens with two attached hydrogens (primary N) is 1. The molecule has 2 rings (SSSR count). The Hall–Kier alpha value is -1.13. The Morgan fingerprint density at radius 1 is 1.33 bits per heavy atom. The maximum Gasteiger partial charge on any atom is 0.416 e. The van der Waals surface area contributed by atoms with Crippen LogP contribution in [0.1, 0.15) is 53.1 Å². The number of ether oxygens (including phenoxy) is 1. The molecule has 0 unspecified atom stereocenters. The summed E-state index contributed by atoms with van der Waals surface area (Å²) >= 11 is 1.64. The van der Waals surface area contributed by atoms with Crippen molar-refractivity contribution >= 4 is 34.2 Å². The van der Waals surface area contributed by atoms with Gasteiger partial charge < -0.3 is 10.5 Å². The van der Waals surface area contributed by atoms with Crippen LogP contribution in [0.5, 0.6) is 0 Å². The lowest BCUT2D eigenvalue weighted by atomic mass is 9.79. The van der Waals surface area contributed by atoms with Gasteiger partial charge in [0.1, 0.15) is 0 Å². The van der Waals surface area contributed by atoms with Crippen molar-refractivity contribution in [3.8, 4) is 0 Å².